The quantitative estimate of drug-likeness (QED) is 0.561. The van der Waals surface area contributed by atoms with Crippen molar-refractivity contribution in [3.05, 3.63) is 0 Å². The molecule has 0 bridgehead atoms. The minimum absolute atomic E-state index is 0.172. The van der Waals surface area contributed by atoms with Crippen LogP contribution in [0, 0.1) is 5.92 Å². The number of unbranched alkanes of at least 4 members (excludes halogenated alkanes) is 3. The van der Waals surface area contributed by atoms with Crippen molar-refractivity contribution >= 4 is 5.91 Å². The highest BCUT2D eigenvalue weighted by atomic mass is 16.2. The lowest BCUT2D eigenvalue weighted by Crippen LogP contribution is -2.40. The Balaban J connectivity index is 1.97. The van der Waals surface area contributed by atoms with Crippen LogP contribution in [-0.4, -0.2) is 37.3 Å². The van der Waals surface area contributed by atoms with Crippen molar-refractivity contribution in [2.45, 2.75) is 38.5 Å². The van der Waals surface area contributed by atoms with Gasteiger partial charge in [0.2, 0.25) is 5.91 Å². The van der Waals surface area contributed by atoms with E-state index in [4.69, 9.17) is 5.11 Å². The van der Waals surface area contributed by atoms with Gasteiger partial charge in [-0.25, -0.2) is 0 Å². The molecular formula is C12H24N2O2. The molecule has 4 nitrogen and oxygen atoms in total. The van der Waals surface area contributed by atoms with Crippen molar-refractivity contribution in [3.63, 3.8) is 0 Å². The summed E-state index contributed by atoms with van der Waals surface area (Å²) in [6.45, 7) is 2.93. The standard InChI is InChI=1S/C12H24N2O2/c15-9-4-2-1-3-8-14-12(16)11-6-5-7-13-10-11/h11,13,15H,1-10H2,(H,14,16)/t11-/m0/s1. The van der Waals surface area contributed by atoms with Crippen LogP contribution in [0.25, 0.3) is 0 Å². The normalized spacial score (nSPS) is 20.7. The fourth-order valence-electron chi connectivity index (χ4n) is 2.02. The van der Waals surface area contributed by atoms with Crippen LogP contribution >= 0.6 is 0 Å². The lowest BCUT2D eigenvalue weighted by molar-refractivity contribution is -0.125. The number of hydrogen-bond donors (Lipinski definition) is 3. The predicted molar refractivity (Wildman–Crippen MR) is 64.2 cm³/mol. The molecule has 1 fully saturated rings. The maximum atomic E-state index is 11.7. The Morgan fingerprint density at radius 3 is 2.81 bits per heavy atom. The summed E-state index contributed by atoms with van der Waals surface area (Å²) in [6, 6.07) is 0. The molecule has 1 atom stereocenters. The van der Waals surface area contributed by atoms with E-state index in [0.717, 1.165) is 58.2 Å². The Kier molecular flexibility index (Phi) is 7.17. The Morgan fingerprint density at radius 1 is 1.31 bits per heavy atom. The second-order valence-corrected chi connectivity index (χ2v) is 4.47. The summed E-state index contributed by atoms with van der Waals surface area (Å²) >= 11 is 0. The third-order valence-electron chi connectivity index (χ3n) is 3.05. The van der Waals surface area contributed by atoms with Crippen LogP contribution in [0.1, 0.15) is 38.5 Å². The summed E-state index contributed by atoms with van der Waals surface area (Å²) in [5.74, 6) is 0.376. The number of carbonyl (C=O) groups excluding carboxylic acids is 1. The van der Waals surface area contributed by atoms with Crippen LogP contribution in [0.2, 0.25) is 0 Å². The average Bonchev–Trinajstić information content (AvgIpc) is 2.34. The van der Waals surface area contributed by atoms with E-state index in [2.05, 4.69) is 10.6 Å². The minimum atomic E-state index is 0.172. The first-order valence-electron chi connectivity index (χ1n) is 6.44. The number of amides is 1. The molecule has 0 aliphatic carbocycles. The molecule has 0 aromatic heterocycles. The van der Waals surface area contributed by atoms with Gasteiger partial charge in [0.25, 0.3) is 0 Å². The van der Waals surface area contributed by atoms with Gasteiger partial charge in [-0.2, -0.15) is 0 Å². The van der Waals surface area contributed by atoms with Crippen LogP contribution in [0.5, 0.6) is 0 Å². The van der Waals surface area contributed by atoms with Gasteiger partial charge in [0.1, 0.15) is 0 Å². The van der Waals surface area contributed by atoms with Gasteiger partial charge in [0, 0.05) is 19.7 Å². The summed E-state index contributed by atoms with van der Waals surface area (Å²) in [5.41, 5.74) is 0. The molecule has 0 aromatic rings. The van der Waals surface area contributed by atoms with Crippen molar-refractivity contribution in [2.75, 3.05) is 26.2 Å². The van der Waals surface area contributed by atoms with Gasteiger partial charge in [-0.05, 0) is 32.2 Å². The molecule has 1 heterocycles. The van der Waals surface area contributed by atoms with E-state index in [1.165, 1.54) is 0 Å². The van der Waals surface area contributed by atoms with Crippen LogP contribution in [0.15, 0.2) is 0 Å². The van der Waals surface area contributed by atoms with Gasteiger partial charge >= 0.3 is 0 Å². The molecule has 1 rings (SSSR count). The Hall–Kier alpha value is -0.610. The third-order valence-corrected chi connectivity index (χ3v) is 3.05. The Labute approximate surface area is 97.8 Å². The van der Waals surface area contributed by atoms with E-state index in [0.29, 0.717) is 0 Å². The molecule has 1 amide bonds. The first-order chi connectivity index (χ1) is 7.84. The van der Waals surface area contributed by atoms with Gasteiger partial charge in [0.15, 0.2) is 0 Å². The van der Waals surface area contributed by atoms with E-state index in [9.17, 15) is 4.79 Å². The van der Waals surface area contributed by atoms with Gasteiger partial charge < -0.3 is 15.7 Å². The number of piperidine rings is 1. The second kappa shape index (κ2) is 8.53. The van der Waals surface area contributed by atoms with Gasteiger partial charge in [-0.1, -0.05) is 12.8 Å². The topological polar surface area (TPSA) is 61.4 Å². The monoisotopic (exact) mass is 228 g/mol. The Bertz CT molecular complexity index is 191. The molecule has 0 unspecified atom stereocenters. The molecule has 0 radical (unpaired) electrons. The van der Waals surface area contributed by atoms with Crippen LogP contribution in [-0.2, 0) is 4.79 Å². The summed E-state index contributed by atoms with van der Waals surface area (Å²) in [6.07, 6.45) is 6.16. The average molecular weight is 228 g/mol. The maximum absolute atomic E-state index is 11.7. The molecule has 16 heavy (non-hydrogen) atoms. The van der Waals surface area contributed by atoms with Gasteiger partial charge in [-0.3, -0.25) is 4.79 Å². The smallest absolute Gasteiger partial charge is 0.224 e. The number of rotatable bonds is 7. The van der Waals surface area contributed by atoms with E-state index in [1.807, 2.05) is 0 Å². The summed E-state index contributed by atoms with van der Waals surface area (Å²) < 4.78 is 0. The molecule has 1 aliphatic rings. The fourth-order valence-corrected chi connectivity index (χ4v) is 2.02. The van der Waals surface area contributed by atoms with E-state index in [1.54, 1.807) is 0 Å². The van der Waals surface area contributed by atoms with Crippen molar-refractivity contribution in [1.29, 1.82) is 0 Å². The fraction of sp³-hybridized carbons (Fsp3) is 0.917. The molecule has 0 aromatic carbocycles. The first kappa shape index (κ1) is 13.5. The molecule has 0 saturated carbocycles. The largest absolute Gasteiger partial charge is 0.396 e. The zero-order valence-electron chi connectivity index (χ0n) is 10.0. The lowest BCUT2D eigenvalue weighted by Gasteiger charge is -2.21. The lowest BCUT2D eigenvalue weighted by atomic mass is 9.99. The molecule has 1 saturated heterocycles. The van der Waals surface area contributed by atoms with E-state index < -0.39 is 0 Å². The zero-order chi connectivity index (χ0) is 11.6. The van der Waals surface area contributed by atoms with E-state index in [-0.39, 0.29) is 18.4 Å². The van der Waals surface area contributed by atoms with Crippen LogP contribution in [0.3, 0.4) is 0 Å². The predicted octanol–water partition coefficient (Wildman–Crippen LogP) is 0.655. The van der Waals surface area contributed by atoms with E-state index >= 15 is 0 Å². The molecule has 94 valence electrons. The van der Waals surface area contributed by atoms with Crippen molar-refractivity contribution in [3.8, 4) is 0 Å². The summed E-state index contributed by atoms with van der Waals surface area (Å²) in [4.78, 5) is 11.7. The highest BCUT2D eigenvalue weighted by Gasteiger charge is 2.19. The highest BCUT2D eigenvalue weighted by Crippen LogP contribution is 2.09. The SMILES string of the molecule is O=C(NCCCCCCO)[C@H]1CCCNC1. The molecule has 1 aliphatic heterocycles. The van der Waals surface area contributed by atoms with Crippen molar-refractivity contribution < 1.29 is 9.90 Å². The maximum Gasteiger partial charge on any atom is 0.224 e. The number of hydrogen-bond acceptors (Lipinski definition) is 3. The third kappa shape index (κ3) is 5.47. The number of aliphatic hydroxyl groups is 1. The molecule has 3 N–H and O–H groups in total. The minimum Gasteiger partial charge on any atom is -0.396 e. The summed E-state index contributed by atoms with van der Waals surface area (Å²) in [7, 11) is 0. The van der Waals surface area contributed by atoms with Crippen LogP contribution in [0.4, 0.5) is 0 Å². The first-order valence-corrected chi connectivity index (χ1v) is 6.44. The molecule has 4 heteroatoms. The summed E-state index contributed by atoms with van der Waals surface area (Å²) in [5, 5.41) is 14.8. The number of aliphatic hydroxyl groups excluding tert-OH is 1. The van der Waals surface area contributed by atoms with Crippen molar-refractivity contribution in [1.82, 2.24) is 10.6 Å². The van der Waals surface area contributed by atoms with Gasteiger partial charge in [0.05, 0.1) is 5.92 Å². The number of nitrogens with one attached hydrogen (secondary N) is 2. The van der Waals surface area contributed by atoms with Crippen molar-refractivity contribution in [2.24, 2.45) is 5.92 Å². The highest BCUT2D eigenvalue weighted by molar-refractivity contribution is 5.78. The molecule has 0 spiro atoms. The zero-order valence-corrected chi connectivity index (χ0v) is 10.0. The Morgan fingerprint density at radius 2 is 2.12 bits per heavy atom. The van der Waals surface area contributed by atoms with Crippen LogP contribution < -0.4 is 10.6 Å². The second-order valence-electron chi connectivity index (χ2n) is 4.47. The van der Waals surface area contributed by atoms with Gasteiger partial charge in [-0.15, -0.1) is 0 Å². The molecular weight excluding hydrogens is 204 g/mol. The number of carbonyl (C=O) groups is 1.